The molecule has 3 nitrogen and oxygen atoms in total. The Morgan fingerprint density at radius 1 is 1.05 bits per heavy atom. The monoisotopic (exact) mass is 307 g/mol. The van der Waals surface area contributed by atoms with E-state index in [-0.39, 0.29) is 0 Å². The van der Waals surface area contributed by atoms with Crippen LogP contribution >= 0.6 is 0 Å². The number of hydrogen-bond acceptors (Lipinski definition) is 3. The summed E-state index contributed by atoms with van der Waals surface area (Å²) in [5.74, 6) is 0. The third kappa shape index (κ3) is 2.78. The highest BCUT2D eigenvalue weighted by molar-refractivity contribution is 7.00. The van der Waals surface area contributed by atoms with Crippen LogP contribution in [0.15, 0.2) is 24.3 Å². The number of hydrogen-bond donors (Lipinski definition) is 0. The SMILES string of the molecule is CN1CCO[Si]2(Cc3ccccc3[Si](C)(C)C2)OCC1. The van der Waals surface area contributed by atoms with Crippen molar-refractivity contribution in [3.63, 3.8) is 0 Å². The summed E-state index contributed by atoms with van der Waals surface area (Å²) in [5, 5.41) is 1.62. The van der Waals surface area contributed by atoms with Crippen LogP contribution in [-0.2, 0) is 14.9 Å². The van der Waals surface area contributed by atoms with Crippen molar-refractivity contribution in [2.45, 2.75) is 24.8 Å². The minimum Gasteiger partial charge on any atom is -0.393 e. The predicted octanol–water partition coefficient (Wildman–Crippen LogP) is 1.66. The van der Waals surface area contributed by atoms with Gasteiger partial charge in [0.05, 0.1) is 8.07 Å². The molecule has 1 saturated heterocycles. The summed E-state index contributed by atoms with van der Waals surface area (Å²) in [6.07, 6.45) is 0. The van der Waals surface area contributed by atoms with Gasteiger partial charge in [0, 0.05) is 32.3 Å². The quantitative estimate of drug-likeness (QED) is 0.681. The van der Waals surface area contributed by atoms with Crippen molar-refractivity contribution in [1.29, 1.82) is 0 Å². The maximum atomic E-state index is 6.38. The van der Waals surface area contributed by atoms with Crippen LogP contribution < -0.4 is 5.19 Å². The number of rotatable bonds is 0. The second-order valence-corrected chi connectivity index (χ2v) is 15.3. The van der Waals surface area contributed by atoms with E-state index in [2.05, 4.69) is 49.3 Å². The highest BCUT2D eigenvalue weighted by Crippen LogP contribution is 2.31. The summed E-state index contributed by atoms with van der Waals surface area (Å²) in [6.45, 7) is 8.66. The number of nitrogens with zero attached hydrogens (tertiary/aromatic N) is 1. The summed E-state index contributed by atoms with van der Waals surface area (Å²) < 4.78 is 12.8. The van der Waals surface area contributed by atoms with Crippen molar-refractivity contribution >= 4 is 21.8 Å². The summed E-state index contributed by atoms with van der Waals surface area (Å²) in [6, 6.07) is 10.0. The van der Waals surface area contributed by atoms with E-state index in [1.165, 1.54) is 11.2 Å². The molecule has 5 heteroatoms. The Labute approximate surface area is 124 Å². The van der Waals surface area contributed by atoms with Gasteiger partial charge in [-0.25, -0.2) is 0 Å². The number of benzene rings is 1. The van der Waals surface area contributed by atoms with Crippen molar-refractivity contribution < 1.29 is 8.85 Å². The lowest BCUT2D eigenvalue weighted by molar-refractivity contribution is 0.107. The summed E-state index contributed by atoms with van der Waals surface area (Å²) in [4.78, 5) is 2.29. The number of likely N-dealkylation sites (N-methyl/N-ethyl adjacent to an activating group) is 1. The van der Waals surface area contributed by atoms with E-state index in [1.54, 1.807) is 5.19 Å². The van der Waals surface area contributed by atoms with Gasteiger partial charge >= 0.3 is 8.56 Å². The van der Waals surface area contributed by atoms with Gasteiger partial charge in [0.15, 0.2) is 0 Å². The van der Waals surface area contributed by atoms with Crippen molar-refractivity contribution in [3.8, 4) is 0 Å². The standard InChI is InChI=1S/C15H25NO2Si2/c1-16-8-10-17-20(18-11-9-16)12-14-6-4-5-7-15(14)19(2,3)13-20/h4-7H,8-13H2,1-3H3. The molecule has 0 saturated carbocycles. The maximum Gasteiger partial charge on any atom is 0.340 e. The van der Waals surface area contributed by atoms with Crippen molar-refractivity contribution in [2.24, 2.45) is 0 Å². The van der Waals surface area contributed by atoms with Gasteiger partial charge in [-0.2, -0.15) is 0 Å². The van der Waals surface area contributed by atoms with Gasteiger partial charge in [-0.1, -0.05) is 42.5 Å². The Morgan fingerprint density at radius 3 is 2.40 bits per heavy atom. The molecule has 1 spiro atoms. The van der Waals surface area contributed by atoms with Crippen molar-refractivity contribution in [3.05, 3.63) is 29.8 Å². The first-order chi connectivity index (χ1) is 9.51. The van der Waals surface area contributed by atoms with Crippen molar-refractivity contribution in [2.75, 3.05) is 33.4 Å². The third-order valence-corrected chi connectivity index (χ3v) is 14.6. The van der Waals surface area contributed by atoms with Gasteiger partial charge in [-0.3, -0.25) is 0 Å². The average Bonchev–Trinajstić information content (AvgIpc) is 2.36. The van der Waals surface area contributed by atoms with E-state index in [0.29, 0.717) is 0 Å². The Kier molecular flexibility index (Phi) is 3.89. The van der Waals surface area contributed by atoms with Gasteiger partial charge in [-0.05, 0) is 18.3 Å². The maximum absolute atomic E-state index is 6.38. The summed E-state index contributed by atoms with van der Waals surface area (Å²) in [7, 11) is -1.32. The zero-order chi connectivity index (χ0) is 14.2. The largest absolute Gasteiger partial charge is 0.393 e. The fourth-order valence-corrected chi connectivity index (χ4v) is 14.9. The summed E-state index contributed by atoms with van der Waals surface area (Å²) >= 11 is 0. The molecule has 0 aliphatic carbocycles. The van der Waals surface area contributed by atoms with Crippen LogP contribution in [0.2, 0.25) is 18.8 Å². The van der Waals surface area contributed by atoms with E-state index in [0.717, 1.165) is 32.3 Å². The van der Waals surface area contributed by atoms with E-state index in [4.69, 9.17) is 8.85 Å². The van der Waals surface area contributed by atoms with Crippen LogP contribution in [-0.4, -0.2) is 54.9 Å². The molecular weight excluding hydrogens is 282 g/mol. The van der Waals surface area contributed by atoms with Gasteiger partial charge < -0.3 is 13.8 Å². The molecule has 3 rings (SSSR count). The molecule has 0 aromatic heterocycles. The topological polar surface area (TPSA) is 21.7 Å². The average molecular weight is 308 g/mol. The molecule has 0 amide bonds. The van der Waals surface area contributed by atoms with Crippen LogP contribution in [0, 0.1) is 0 Å². The zero-order valence-electron chi connectivity index (χ0n) is 12.8. The van der Waals surface area contributed by atoms with Crippen LogP contribution in [0.4, 0.5) is 0 Å². The van der Waals surface area contributed by atoms with Gasteiger partial charge in [-0.15, -0.1) is 0 Å². The van der Waals surface area contributed by atoms with E-state index >= 15 is 0 Å². The lowest BCUT2D eigenvalue weighted by Gasteiger charge is -2.43. The first kappa shape index (κ1) is 14.5. The predicted molar refractivity (Wildman–Crippen MR) is 87.2 cm³/mol. The van der Waals surface area contributed by atoms with Crippen LogP contribution in [0.5, 0.6) is 0 Å². The second-order valence-electron chi connectivity index (χ2n) is 6.81. The molecule has 0 unspecified atom stereocenters. The second kappa shape index (κ2) is 5.38. The molecule has 110 valence electrons. The highest BCUT2D eigenvalue weighted by atomic mass is 28.4. The van der Waals surface area contributed by atoms with E-state index < -0.39 is 16.6 Å². The fourth-order valence-electron chi connectivity index (χ4n) is 3.59. The van der Waals surface area contributed by atoms with E-state index in [9.17, 15) is 0 Å². The fraction of sp³-hybridized carbons (Fsp3) is 0.600. The lowest BCUT2D eigenvalue weighted by Crippen LogP contribution is -2.62. The Morgan fingerprint density at radius 2 is 1.70 bits per heavy atom. The van der Waals surface area contributed by atoms with Gasteiger partial charge in [0.25, 0.3) is 0 Å². The Balaban J connectivity index is 1.89. The first-order valence-electron chi connectivity index (χ1n) is 7.56. The normalized spacial score (nSPS) is 25.8. The molecule has 2 heterocycles. The molecule has 1 fully saturated rings. The minimum atomic E-state index is -2.03. The minimum absolute atomic E-state index is 0.829. The molecule has 0 atom stereocenters. The summed E-state index contributed by atoms with van der Waals surface area (Å²) in [5.41, 5.74) is 2.71. The molecule has 1 aromatic carbocycles. The van der Waals surface area contributed by atoms with Crippen LogP contribution in [0.1, 0.15) is 5.56 Å². The molecule has 0 N–H and O–H groups in total. The highest BCUT2D eigenvalue weighted by Gasteiger charge is 2.49. The Bertz CT molecular complexity index is 483. The zero-order valence-corrected chi connectivity index (χ0v) is 14.8. The molecular formula is C15H25NO2Si2. The molecule has 0 bridgehead atoms. The van der Waals surface area contributed by atoms with Crippen LogP contribution in [0.3, 0.4) is 0 Å². The number of fused-ring (bicyclic) bond motifs is 1. The Hall–Kier alpha value is -0.466. The molecule has 0 radical (unpaired) electrons. The van der Waals surface area contributed by atoms with Gasteiger partial charge in [0.1, 0.15) is 0 Å². The third-order valence-electron chi connectivity index (χ3n) is 4.59. The van der Waals surface area contributed by atoms with Crippen molar-refractivity contribution in [1.82, 2.24) is 4.90 Å². The molecule has 1 aromatic rings. The molecule has 2 aliphatic heterocycles. The van der Waals surface area contributed by atoms with Crippen LogP contribution in [0.25, 0.3) is 0 Å². The smallest absolute Gasteiger partial charge is 0.340 e. The molecule has 2 aliphatic rings. The van der Waals surface area contributed by atoms with Gasteiger partial charge in [0.2, 0.25) is 0 Å². The van der Waals surface area contributed by atoms with E-state index in [1.807, 2.05) is 0 Å². The lowest BCUT2D eigenvalue weighted by atomic mass is 10.2. The molecule has 20 heavy (non-hydrogen) atoms. The first-order valence-corrected chi connectivity index (χ1v) is 13.0.